The summed E-state index contributed by atoms with van der Waals surface area (Å²) in [6, 6.07) is 3.80. The number of hydrogen-bond acceptors (Lipinski definition) is 2. The Labute approximate surface area is 49.1 Å². The first-order valence-corrected chi connectivity index (χ1v) is 2.48. The van der Waals surface area contributed by atoms with Gasteiger partial charge in [0, 0.05) is 6.20 Å². The fourth-order valence-corrected chi connectivity index (χ4v) is 0.498. The van der Waals surface area contributed by atoms with E-state index < -0.39 is 0 Å². The van der Waals surface area contributed by atoms with Crippen molar-refractivity contribution in [3.8, 4) is 0 Å². The molecular formula is C5H7BN2. The van der Waals surface area contributed by atoms with Crippen LogP contribution in [0.2, 0.25) is 0 Å². The Morgan fingerprint density at radius 1 is 1.62 bits per heavy atom. The van der Waals surface area contributed by atoms with E-state index in [2.05, 4.69) is 4.98 Å². The van der Waals surface area contributed by atoms with E-state index >= 15 is 0 Å². The van der Waals surface area contributed by atoms with Crippen LogP contribution in [0.3, 0.4) is 0 Å². The Kier molecular flexibility index (Phi) is 1.20. The molecule has 1 rings (SSSR count). The van der Waals surface area contributed by atoms with Gasteiger partial charge in [-0.3, -0.25) is 0 Å². The summed E-state index contributed by atoms with van der Waals surface area (Å²) >= 11 is 0. The van der Waals surface area contributed by atoms with Crippen molar-refractivity contribution in [2.24, 2.45) is 0 Å². The Morgan fingerprint density at radius 2 is 2.38 bits per heavy atom. The summed E-state index contributed by atoms with van der Waals surface area (Å²) in [6.07, 6.45) is 1.68. The lowest BCUT2D eigenvalue weighted by Crippen LogP contribution is -2.10. The van der Waals surface area contributed by atoms with Crippen LogP contribution in [-0.4, -0.2) is 12.8 Å². The van der Waals surface area contributed by atoms with Crippen molar-refractivity contribution in [3.63, 3.8) is 0 Å². The first-order chi connectivity index (χ1) is 3.80. The summed E-state index contributed by atoms with van der Waals surface area (Å²) in [5.74, 6) is 0.618. The minimum Gasteiger partial charge on any atom is -0.384 e. The first kappa shape index (κ1) is 5.16. The third-order valence-corrected chi connectivity index (χ3v) is 1.05. The van der Waals surface area contributed by atoms with Crippen molar-refractivity contribution >= 4 is 19.1 Å². The van der Waals surface area contributed by atoms with Gasteiger partial charge in [0.25, 0.3) is 0 Å². The molecule has 3 heteroatoms. The third-order valence-electron chi connectivity index (χ3n) is 1.05. The molecule has 0 aliphatic carbocycles. The van der Waals surface area contributed by atoms with E-state index in [4.69, 9.17) is 5.73 Å². The molecule has 0 amide bonds. The molecule has 0 saturated heterocycles. The maximum Gasteiger partial charge on any atom is 0.144 e. The largest absolute Gasteiger partial charge is 0.384 e. The molecule has 0 atom stereocenters. The van der Waals surface area contributed by atoms with Crippen LogP contribution in [0.5, 0.6) is 0 Å². The van der Waals surface area contributed by atoms with Crippen molar-refractivity contribution < 1.29 is 0 Å². The molecule has 1 heterocycles. The molecule has 0 aliphatic heterocycles. The first-order valence-electron chi connectivity index (χ1n) is 2.48. The predicted octanol–water partition coefficient (Wildman–Crippen LogP) is -1.08. The number of hydrogen-bond donors (Lipinski definition) is 1. The van der Waals surface area contributed by atoms with Gasteiger partial charge in [-0.1, -0.05) is 6.07 Å². The van der Waals surface area contributed by atoms with E-state index in [0.29, 0.717) is 5.82 Å². The van der Waals surface area contributed by atoms with Gasteiger partial charge in [-0.15, -0.1) is 0 Å². The van der Waals surface area contributed by atoms with E-state index in [1.54, 1.807) is 6.20 Å². The van der Waals surface area contributed by atoms with Gasteiger partial charge in [0.05, 0.1) is 0 Å². The summed E-state index contributed by atoms with van der Waals surface area (Å²) in [7, 11) is 1.93. The molecule has 0 bridgehead atoms. The maximum absolute atomic E-state index is 5.41. The Balaban J connectivity index is 3.13. The topological polar surface area (TPSA) is 38.9 Å². The molecule has 0 aromatic carbocycles. The second-order valence-electron chi connectivity index (χ2n) is 1.71. The maximum atomic E-state index is 5.41. The Bertz CT molecular complexity index is 167. The molecule has 0 fully saturated rings. The van der Waals surface area contributed by atoms with Gasteiger partial charge < -0.3 is 5.73 Å². The van der Waals surface area contributed by atoms with E-state index in [9.17, 15) is 0 Å². The molecule has 1 aromatic heterocycles. The lowest BCUT2D eigenvalue weighted by atomic mass is 9.98. The number of nitrogens with two attached hydrogens (primary N) is 1. The molecule has 0 aliphatic rings. The highest BCUT2D eigenvalue weighted by Crippen LogP contribution is 1.85. The molecule has 2 N–H and O–H groups in total. The van der Waals surface area contributed by atoms with E-state index in [-0.39, 0.29) is 0 Å². The smallest absolute Gasteiger partial charge is 0.144 e. The molecule has 2 nitrogen and oxygen atoms in total. The third kappa shape index (κ3) is 0.806. The second kappa shape index (κ2) is 1.86. The molecule has 8 heavy (non-hydrogen) atoms. The lowest BCUT2D eigenvalue weighted by molar-refractivity contribution is 1.36. The molecule has 40 valence electrons. The number of nitrogen functional groups attached to an aromatic ring is 1. The van der Waals surface area contributed by atoms with Crippen LogP contribution < -0.4 is 11.2 Å². The summed E-state index contributed by atoms with van der Waals surface area (Å²) in [6.45, 7) is 0. The summed E-state index contributed by atoms with van der Waals surface area (Å²) in [4.78, 5) is 3.86. The zero-order valence-electron chi connectivity index (χ0n) is 4.76. The van der Waals surface area contributed by atoms with Gasteiger partial charge in [0.15, 0.2) is 0 Å². The second-order valence-corrected chi connectivity index (χ2v) is 1.71. The van der Waals surface area contributed by atoms with Gasteiger partial charge in [-0.05, 0) is 11.5 Å². The minimum atomic E-state index is 0.618. The van der Waals surface area contributed by atoms with Crippen LogP contribution in [0, 0.1) is 0 Å². The van der Waals surface area contributed by atoms with Gasteiger partial charge in [-0.2, -0.15) is 0 Å². The zero-order chi connectivity index (χ0) is 5.98. The predicted molar refractivity (Wildman–Crippen MR) is 36.8 cm³/mol. The number of aromatic nitrogens is 1. The zero-order valence-corrected chi connectivity index (χ0v) is 4.76. The fourth-order valence-electron chi connectivity index (χ4n) is 0.498. The number of nitrogens with zero attached hydrogens (tertiary/aromatic N) is 1. The van der Waals surface area contributed by atoms with Crippen molar-refractivity contribution in [2.45, 2.75) is 0 Å². The van der Waals surface area contributed by atoms with Crippen molar-refractivity contribution in [1.82, 2.24) is 4.98 Å². The summed E-state index contributed by atoms with van der Waals surface area (Å²) in [5, 5.41) is 0. The van der Waals surface area contributed by atoms with Crippen molar-refractivity contribution in [3.05, 3.63) is 18.3 Å². The van der Waals surface area contributed by atoms with E-state index in [1.807, 2.05) is 20.0 Å². The van der Waals surface area contributed by atoms with Gasteiger partial charge in [-0.25, -0.2) is 4.98 Å². The fraction of sp³-hybridized carbons (Fsp3) is 0. The average Bonchev–Trinajstić information content (AvgIpc) is 1.77. The Morgan fingerprint density at radius 3 is 2.75 bits per heavy atom. The van der Waals surface area contributed by atoms with Gasteiger partial charge in [0.1, 0.15) is 13.7 Å². The normalized spacial score (nSPS) is 9.00. The minimum absolute atomic E-state index is 0.618. The van der Waals surface area contributed by atoms with Crippen molar-refractivity contribution in [2.75, 3.05) is 5.73 Å². The van der Waals surface area contributed by atoms with Crippen LogP contribution in [0.1, 0.15) is 0 Å². The highest BCUT2D eigenvalue weighted by Gasteiger charge is 1.86. The van der Waals surface area contributed by atoms with Crippen LogP contribution in [0.4, 0.5) is 5.82 Å². The quantitative estimate of drug-likeness (QED) is 0.427. The van der Waals surface area contributed by atoms with Crippen LogP contribution in [0.15, 0.2) is 18.3 Å². The molecule has 1 aromatic rings. The molecule has 0 spiro atoms. The summed E-state index contributed by atoms with van der Waals surface area (Å²) < 4.78 is 0. The van der Waals surface area contributed by atoms with Crippen molar-refractivity contribution in [1.29, 1.82) is 0 Å². The number of rotatable bonds is 0. The van der Waals surface area contributed by atoms with Crippen LogP contribution in [0.25, 0.3) is 0 Å². The highest BCUT2D eigenvalue weighted by molar-refractivity contribution is 6.35. The lowest BCUT2D eigenvalue weighted by Gasteiger charge is -1.92. The van der Waals surface area contributed by atoms with Crippen LogP contribution in [-0.2, 0) is 0 Å². The highest BCUT2D eigenvalue weighted by atomic mass is 14.8. The average molecular weight is 106 g/mol. The molecule has 0 radical (unpaired) electrons. The van der Waals surface area contributed by atoms with E-state index in [0.717, 1.165) is 5.46 Å². The Hall–Kier alpha value is -0.985. The number of anilines is 1. The van der Waals surface area contributed by atoms with Crippen LogP contribution >= 0.6 is 0 Å². The molecule has 0 saturated carbocycles. The van der Waals surface area contributed by atoms with Gasteiger partial charge >= 0.3 is 0 Å². The molecule has 0 unspecified atom stereocenters. The standard InChI is InChI=1S/C5H7BN2/c6-4-2-1-3-8-5(4)7/h1-3H,6H2,(H2,7,8). The number of pyridine rings is 1. The monoisotopic (exact) mass is 106 g/mol. The summed E-state index contributed by atoms with van der Waals surface area (Å²) in [5.41, 5.74) is 6.44. The van der Waals surface area contributed by atoms with E-state index in [1.165, 1.54) is 0 Å². The SMILES string of the molecule is Bc1cccnc1N. The van der Waals surface area contributed by atoms with Gasteiger partial charge in [0.2, 0.25) is 0 Å². The molecular weight excluding hydrogens is 98.9 g/mol.